The van der Waals surface area contributed by atoms with E-state index in [1.165, 1.54) is 0 Å². The normalized spacial score (nSPS) is 11.3. The Labute approximate surface area is 154 Å². The lowest BCUT2D eigenvalue weighted by Crippen LogP contribution is -2.29. The van der Waals surface area contributed by atoms with E-state index >= 15 is 0 Å². The van der Waals surface area contributed by atoms with E-state index in [-0.39, 0.29) is 6.61 Å². The number of nitrogens with one attached hydrogen (secondary N) is 1. The minimum absolute atomic E-state index is 0.390. The van der Waals surface area contributed by atoms with Gasteiger partial charge in [0, 0.05) is 10.2 Å². The smallest absolute Gasteiger partial charge is 0.347 e. The monoisotopic (exact) mass is 407 g/mol. The molecular weight excluding hydrogens is 390 g/mol. The highest BCUT2D eigenvalue weighted by Crippen LogP contribution is 2.18. The molecule has 0 saturated carbocycles. The second kappa shape index (κ2) is 9.08. The summed E-state index contributed by atoms with van der Waals surface area (Å²) in [4.78, 5) is 23.7. The lowest BCUT2D eigenvalue weighted by atomic mass is 10.3. The van der Waals surface area contributed by atoms with Crippen molar-refractivity contribution in [2.24, 2.45) is 0 Å². The highest BCUT2D eigenvalue weighted by Gasteiger charge is 2.17. The molecule has 0 aliphatic rings. The first-order valence-electron chi connectivity index (χ1n) is 7.50. The summed E-state index contributed by atoms with van der Waals surface area (Å²) in [7, 11) is 1.56. The lowest BCUT2D eigenvalue weighted by Gasteiger charge is -2.14. The zero-order chi connectivity index (χ0) is 18.2. The molecule has 0 aliphatic heterocycles. The van der Waals surface area contributed by atoms with Gasteiger partial charge in [0.15, 0.2) is 12.7 Å². The number of ether oxygens (including phenoxy) is 3. The van der Waals surface area contributed by atoms with Gasteiger partial charge in [0.2, 0.25) is 0 Å². The Morgan fingerprint density at radius 1 is 1.04 bits per heavy atom. The van der Waals surface area contributed by atoms with E-state index < -0.39 is 18.0 Å². The molecular formula is C18H18BrNO5. The number of esters is 1. The molecule has 0 heterocycles. The quantitative estimate of drug-likeness (QED) is 0.711. The van der Waals surface area contributed by atoms with E-state index in [2.05, 4.69) is 21.2 Å². The topological polar surface area (TPSA) is 73.9 Å². The van der Waals surface area contributed by atoms with E-state index in [0.29, 0.717) is 17.2 Å². The predicted molar refractivity (Wildman–Crippen MR) is 96.8 cm³/mol. The Balaban J connectivity index is 1.77. The van der Waals surface area contributed by atoms with Crippen molar-refractivity contribution in [3.05, 3.63) is 53.0 Å². The number of benzene rings is 2. The Morgan fingerprint density at radius 3 is 2.24 bits per heavy atom. The fraction of sp³-hybridized carbons (Fsp3) is 0.222. The van der Waals surface area contributed by atoms with E-state index in [0.717, 1.165) is 4.47 Å². The number of amides is 1. The Kier molecular flexibility index (Phi) is 6.82. The Bertz CT molecular complexity index is 715. The number of hydrogen-bond acceptors (Lipinski definition) is 5. The SMILES string of the molecule is COc1ccc(NC(=O)COC(=O)[C@H](C)Oc2ccc(Br)cc2)cc1. The molecule has 0 fully saturated rings. The molecule has 6 nitrogen and oxygen atoms in total. The van der Waals surface area contributed by atoms with Gasteiger partial charge in [-0.3, -0.25) is 4.79 Å². The van der Waals surface area contributed by atoms with Gasteiger partial charge in [-0.05, 0) is 55.5 Å². The molecule has 1 N–H and O–H groups in total. The first kappa shape index (κ1) is 18.8. The number of methoxy groups -OCH3 is 1. The third-order valence-electron chi connectivity index (χ3n) is 3.18. The molecule has 7 heteroatoms. The first-order chi connectivity index (χ1) is 12.0. The second-order valence-electron chi connectivity index (χ2n) is 5.10. The maximum Gasteiger partial charge on any atom is 0.347 e. The van der Waals surface area contributed by atoms with Gasteiger partial charge in [-0.2, -0.15) is 0 Å². The summed E-state index contributed by atoms with van der Waals surface area (Å²) in [5.74, 6) is 0.167. The second-order valence-corrected chi connectivity index (χ2v) is 6.01. The number of rotatable bonds is 7. The summed E-state index contributed by atoms with van der Waals surface area (Å²) in [6.07, 6.45) is -0.824. The third-order valence-corrected chi connectivity index (χ3v) is 3.71. The van der Waals surface area contributed by atoms with Gasteiger partial charge >= 0.3 is 5.97 Å². The number of hydrogen-bond donors (Lipinski definition) is 1. The van der Waals surface area contributed by atoms with Gasteiger partial charge in [-0.15, -0.1) is 0 Å². The van der Waals surface area contributed by atoms with E-state index in [9.17, 15) is 9.59 Å². The van der Waals surface area contributed by atoms with Gasteiger partial charge in [-0.25, -0.2) is 4.79 Å². The standard InChI is InChI=1S/C18H18BrNO5/c1-12(25-16-7-3-13(19)4-8-16)18(22)24-11-17(21)20-14-5-9-15(23-2)10-6-14/h3-10,12H,11H2,1-2H3,(H,20,21)/t12-/m0/s1. The molecule has 0 saturated heterocycles. The third kappa shape index (κ3) is 6.11. The first-order valence-corrected chi connectivity index (χ1v) is 8.30. The Hall–Kier alpha value is -2.54. The van der Waals surface area contributed by atoms with Crippen LogP contribution >= 0.6 is 15.9 Å². The van der Waals surface area contributed by atoms with Crippen LogP contribution in [0.25, 0.3) is 0 Å². The molecule has 2 aromatic carbocycles. The molecule has 0 spiro atoms. The van der Waals surface area contributed by atoms with E-state index in [1.807, 2.05) is 0 Å². The summed E-state index contributed by atoms with van der Waals surface area (Å²) in [5.41, 5.74) is 0.584. The highest BCUT2D eigenvalue weighted by molar-refractivity contribution is 9.10. The van der Waals surface area contributed by atoms with Crippen LogP contribution < -0.4 is 14.8 Å². The van der Waals surface area contributed by atoms with Crippen LogP contribution in [-0.4, -0.2) is 31.7 Å². The maximum absolute atomic E-state index is 11.9. The largest absolute Gasteiger partial charge is 0.497 e. The van der Waals surface area contributed by atoms with Crippen LogP contribution in [0, 0.1) is 0 Å². The van der Waals surface area contributed by atoms with Crippen molar-refractivity contribution in [2.45, 2.75) is 13.0 Å². The van der Waals surface area contributed by atoms with Crippen molar-refractivity contribution in [3.63, 3.8) is 0 Å². The zero-order valence-electron chi connectivity index (χ0n) is 13.8. The summed E-state index contributed by atoms with van der Waals surface area (Å²) in [6.45, 7) is 1.17. The molecule has 1 amide bonds. The molecule has 2 aromatic rings. The van der Waals surface area contributed by atoms with Crippen LogP contribution in [0.15, 0.2) is 53.0 Å². The van der Waals surface area contributed by atoms with Gasteiger partial charge in [0.1, 0.15) is 11.5 Å². The number of halogens is 1. The summed E-state index contributed by atoms with van der Waals surface area (Å²) < 4.78 is 16.4. The minimum Gasteiger partial charge on any atom is -0.497 e. The molecule has 0 bridgehead atoms. The van der Waals surface area contributed by atoms with Crippen LogP contribution in [0.3, 0.4) is 0 Å². The average molecular weight is 408 g/mol. The summed E-state index contributed by atoms with van der Waals surface area (Å²) in [6, 6.07) is 13.9. The molecule has 1 atom stereocenters. The van der Waals surface area contributed by atoms with Crippen molar-refractivity contribution >= 4 is 33.5 Å². The predicted octanol–water partition coefficient (Wildman–Crippen LogP) is 3.41. The van der Waals surface area contributed by atoms with E-state index in [4.69, 9.17) is 14.2 Å². The van der Waals surface area contributed by atoms with Crippen molar-refractivity contribution in [1.29, 1.82) is 0 Å². The van der Waals surface area contributed by atoms with Gasteiger partial charge < -0.3 is 19.5 Å². The molecule has 132 valence electrons. The number of carbonyl (C=O) groups is 2. The zero-order valence-corrected chi connectivity index (χ0v) is 15.4. The molecule has 0 unspecified atom stereocenters. The molecule has 0 radical (unpaired) electrons. The molecule has 0 aliphatic carbocycles. The Morgan fingerprint density at radius 2 is 1.64 bits per heavy atom. The molecule has 0 aromatic heterocycles. The fourth-order valence-corrected chi connectivity index (χ4v) is 2.16. The molecule has 25 heavy (non-hydrogen) atoms. The van der Waals surface area contributed by atoms with Crippen molar-refractivity contribution in [1.82, 2.24) is 0 Å². The van der Waals surface area contributed by atoms with Crippen LogP contribution in [0.2, 0.25) is 0 Å². The van der Waals surface area contributed by atoms with Crippen molar-refractivity contribution in [2.75, 3.05) is 19.0 Å². The van der Waals surface area contributed by atoms with Crippen LogP contribution in [0.4, 0.5) is 5.69 Å². The average Bonchev–Trinajstić information content (AvgIpc) is 2.62. The van der Waals surface area contributed by atoms with Crippen LogP contribution in [0.1, 0.15) is 6.92 Å². The van der Waals surface area contributed by atoms with Crippen molar-refractivity contribution in [3.8, 4) is 11.5 Å². The molecule has 2 rings (SSSR count). The van der Waals surface area contributed by atoms with Crippen LogP contribution in [0.5, 0.6) is 11.5 Å². The number of carbonyl (C=O) groups excluding carboxylic acids is 2. The lowest BCUT2D eigenvalue weighted by molar-refractivity contribution is -0.153. The fourth-order valence-electron chi connectivity index (χ4n) is 1.89. The van der Waals surface area contributed by atoms with Gasteiger partial charge in [0.25, 0.3) is 5.91 Å². The van der Waals surface area contributed by atoms with Crippen molar-refractivity contribution < 1.29 is 23.8 Å². The maximum atomic E-state index is 11.9. The number of anilines is 1. The van der Waals surface area contributed by atoms with Crippen LogP contribution in [-0.2, 0) is 14.3 Å². The highest BCUT2D eigenvalue weighted by atomic mass is 79.9. The van der Waals surface area contributed by atoms with Gasteiger partial charge in [0.05, 0.1) is 7.11 Å². The van der Waals surface area contributed by atoms with E-state index in [1.54, 1.807) is 62.6 Å². The summed E-state index contributed by atoms with van der Waals surface area (Å²) in [5, 5.41) is 2.63. The minimum atomic E-state index is -0.824. The van der Waals surface area contributed by atoms with Gasteiger partial charge in [-0.1, -0.05) is 15.9 Å². The summed E-state index contributed by atoms with van der Waals surface area (Å²) >= 11 is 3.32.